The average molecular weight is 727 g/mol. The maximum atomic E-state index is 12.5. The van der Waals surface area contributed by atoms with Crippen LogP contribution in [0.5, 0.6) is 28.7 Å². The molecular weight excluding hydrogens is 676 g/mol. The predicted molar refractivity (Wildman–Crippen MR) is 205 cm³/mol. The van der Waals surface area contributed by atoms with Gasteiger partial charge >= 0.3 is 0 Å². The van der Waals surface area contributed by atoms with E-state index in [0.29, 0.717) is 64.2 Å². The Balaban J connectivity index is 1.03. The van der Waals surface area contributed by atoms with Crippen molar-refractivity contribution in [1.82, 2.24) is 5.32 Å². The van der Waals surface area contributed by atoms with Crippen LogP contribution in [0.2, 0.25) is 0 Å². The fourth-order valence-electron chi connectivity index (χ4n) is 6.34. The molecule has 1 amide bonds. The summed E-state index contributed by atoms with van der Waals surface area (Å²) in [5.74, 6) is 2.72. The molecule has 5 rings (SSSR count). The van der Waals surface area contributed by atoms with Gasteiger partial charge in [0, 0.05) is 16.8 Å². The third kappa shape index (κ3) is 10.0. The van der Waals surface area contributed by atoms with Crippen LogP contribution in [0.4, 0.5) is 5.69 Å². The molecule has 1 aliphatic heterocycles. The molecule has 282 valence electrons. The summed E-state index contributed by atoms with van der Waals surface area (Å²) in [4.78, 5) is 12.5. The number of methoxy groups -OCH3 is 3. The number of aliphatic hydroxyl groups excluding tert-OH is 3. The summed E-state index contributed by atoms with van der Waals surface area (Å²) >= 11 is 0. The zero-order valence-corrected chi connectivity index (χ0v) is 30.7. The topological polar surface area (TPSA) is 148 Å². The van der Waals surface area contributed by atoms with Crippen LogP contribution >= 0.6 is 0 Å². The number of benzene rings is 4. The first-order chi connectivity index (χ1) is 25.9. The van der Waals surface area contributed by atoms with Gasteiger partial charge in [-0.2, -0.15) is 0 Å². The number of hydrogen-bond acceptors (Lipinski definition) is 10. The summed E-state index contributed by atoms with van der Waals surface area (Å²) < 4.78 is 28.9. The SMILES string of the molecule is COc1cc(C=Cc2cc(OC)c(OCCCCCCCCOc3ccc(C4NC(=O)c5ccccc5N4)cc3CO)c(OC)c2)cc(CO)c1CO. The summed E-state index contributed by atoms with van der Waals surface area (Å²) in [5.41, 5.74) is 5.74. The van der Waals surface area contributed by atoms with Crippen molar-refractivity contribution < 1.29 is 43.8 Å². The Morgan fingerprint density at radius 3 is 1.87 bits per heavy atom. The number of fused-ring (bicyclic) bond motifs is 1. The molecule has 0 spiro atoms. The third-order valence-electron chi connectivity index (χ3n) is 9.20. The maximum Gasteiger partial charge on any atom is 0.255 e. The molecular formula is C42H50N2O9. The van der Waals surface area contributed by atoms with Crippen LogP contribution in [0.3, 0.4) is 0 Å². The first-order valence-electron chi connectivity index (χ1n) is 17.9. The van der Waals surface area contributed by atoms with Crippen molar-refractivity contribution in [2.45, 2.75) is 64.5 Å². The van der Waals surface area contributed by atoms with E-state index in [1.807, 2.05) is 72.8 Å². The number of ether oxygens (including phenoxy) is 5. The van der Waals surface area contributed by atoms with Gasteiger partial charge in [0.1, 0.15) is 17.7 Å². The highest BCUT2D eigenvalue weighted by Crippen LogP contribution is 2.39. The number of nitrogens with one attached hydrogen (secondary N) is 2. The quantitative estimate of drug-likeness (QED) is 0.0476. The number of hydrogen-bond donors (Lipinski definition) is 5. The maximum absolute atomic E-state index is 12.5. The molecule has 4 aromatic rings. The number of aliphatic hydroxyl groups is 3. The Bertz CT molecular complexity index is 1810. The lowest BCUT2D eigenvalue weighted by Gasteiger charge is -2.28. The van der Waals surface area contributed by atoms with E-state index in [1.165, 1.54) is 7.11 Å². The van der Waals surface area contributed by atoms with Crippen LogP contribution in [0.15, 0.2) is 66.7 Å². The number of carbonyl (C=O) groups excluding carboxylic acids is 1. The Labute approximate surface area is 311 Å². The lowest BCUT2D eigenvalue weighted by molar-refractivity contribution is 0.0935. The molecule has 0 fully saturated rings. The van der Waals surface area contributed by atoms with Crippen molar-refractivity contribution >= 4 is 23.7 Å². The van der Waals surface area contributed by atoms with Gasteiger partial charge in [-0.25, -0.2) is 0 Å². The normalized spacial score (nSPS) is 13.6. The molecule has 0 aliphatic carbocycles. The molecule has 0 bridgehead atoms. The van der Waals surface area contributed by atoms with Crippen molar-refractivity contribution in [2.75, 3.05) is 39.9 Å². The lowest BCUT2D eigenvalue weighted by Crippen LogP contribution is -2.38. The van der Waals surface area contributed by atoms with Crippen molar-refractivity contribution in [1.29, 1.82) is 0 Å². The van der Waals surface area contributed by atoms with Gasteiger partial charge in [0.25, 0.3) is 5.91 Å². The number of amides is 1. The van der Waals surface area contributed by atoms with Gasteiger partial charge in [-0.3, -0.25) is 4.79 Å². The number of para-hydroxylation sites is 1. The van der Waals surface area contributed by atoms with Crippen LogP contribution in [0.1, 0.15) is 88.4 Å². The van der Waals surface area contributed by atoms with Crippen LogP contribution < -0.4 is 34.3 Å². The predicted octanol–water partition coefficient (Wildman–Crippen LogP) is 7.01. The first-order valence-corrected chi connectivity index (χ1v) is 17.9. The van der Waals surface area contributed by atoms with E-state index in [2.05, 4.69) is 10.6 Å². The molecule has 11 heteroatoms. The Hall–Kier alpha value is -5.23. The second-order valence-electron chi connectivity index (χ2n) is 12.7. The first kappa shape index (κ1) is 39.0. The summed E-state index contributed by atoms with van der Waals surface area (Å²) in [6.45, 7) is 0.490. The largest absolute Gasteiger partial charge is 0.496 e. The molecule has 4 aromatic carbocycles. The van der Waals surface area contributed by atoms with Crippen LogP contribution in [-0.2, 0) is 19.8 Å². The van der Waals surface area contributed by atoms with Crippen molar-refractivity contribution in [3.05, 3.63) is 106 Å². The van der Waals surface area contributed by atoms with Gasteiger partial charge < -0.3 is 49.6 Å². The van der Waals surface area contributed by atoms with Crippen molar-refractivity contribution in [3.63, 3.8) is 0 Å². The van der Waals surface area contributed by atoms with E-state index in [1.54, 1.807) is 20.3 Å². The van der Waals surface area contributed by atoms with Crippen LogP contribution in [0, 0.1) is 0 Å². The van der Waals surface area contributed by atoms with E-state index in [0.717, 1.165) is 60.9 Å². The lowest BCUT2D eigenvalue weighted by atomic mass is 10.0. The minimum Gasteiger partial charge on any atom is -0.496 e. The van der Waals surface area contributed by atoms with Gasteiger partial charge in [0.15, 0.2) is 11.5 Å². The second kappa shape index (κ2) is 19.6. The second-order valence-corrected chi connectivity index (χ2v) is 12.7. The molecule has 53 heavy (non-hydrogen) atoms. The fourth-order valence-corrected chi connectivity index (χ4v) is 6.34. The molecule has 1 aliphatic rings. The number of rotatable bonds is 20. The Morgan fingerprint density at radius 2 is 1.23 bits per heavy atom. The monoisotopic (exact) mass is 726 g/mol. The van der Waals surface area contributed by atoms with Crippen molar-refractivity contribution in [3.8, 4) is 28.7 Å². The van der Waals surface area contributed by atoms with Crippen LogP contribution in [-0.4, -0.2) is 55.8 Å². The third-order valence-corrected chi connectivity index (χ3v) is 9.20. The molecule has 1 atom stereocenters. The molecule has 11 nitrogen and oxygen atoms in total. The van der Waals surface area contributed by atoms with Gasteiger partial charge in [-0.05, 0) is 83.6 Å². The van der Waals surface area contributed by atoms with E-state index < -0.39 is 6.17 Å². The molecule has 0 saturated carbocycles. The zero-order chi connectivity index (χ0) is 37.6. The van der Waals surface area contributed by atoms with Gasteiger partial charge in [0.2, 0.25) is 5.75 Å². The highest BCUT2D eigenvalue weighted by Gasteiger charge is 2.25. The molecule has 1 heterocycles. The Kier molecular flexibility index (Phi) is 14.4. The molecule has 0 aromatic heterocycles. The van der Waals surface area contributed by atoms with Gasteiger partial charge in [-0.15, -0.1) is 0 Å². The standard InChI is InChI=1S/C42H50N2O9/c1-49-37-21-28(20-31(25-45)34(37)27-47)14-15-29-22-38(50-2)40(39(23-29)51-3)53-19-11-7-5-4-6-10-18-52-36-17-16-30(24-32(36)26-46)41-43-35-13-9-8-12-33(35)42(48)44-41/h8-9,12-17,20-24,41,43,45-47H,4-7,10-11,18-19,25-27H2,1-3H3,(H,44,48). The highest BCUT2D eigenvalue weighted by atomic mass is 16.5. The number of unbranched alkanes of at least 4 members (excludes halogenated alkanes) is 5. The molecule has 5 N–H and O–H groups in total. The van der Waals surface area contributed by atoms with Crippen molar-refractivity contribution in [2.24, 2.45) is 0 Å². The highest BCUT2D eigenvalue weighted by molar-refractivity contribution is 6.01. The summed E-state index contributed by atoms with van der Waals surface area (Å²) in [6, 6.07) is 20.4. The van der Waals surface area contributed by atoms with Crippen LogP contribution in [0.25, 0.3) is 12.2 Å². The van der Waals surface area contributed by atoms with E-state index in [4.69, 9.17) is 23.7 Å². The minimum absolute atomic E-state index is 0.136. The summed E-state index contributed by atoms with van der Waals surface area (Å²) in [7, 11) is 4.73. The fraction of sp³-hybridized carbons (Fsp3) is 0.357. The number of anilines is 1. The smallest absolute Gasteiger partial charge is 0.255 e. The summed E-state index contributed by atoms with van der Waals surface area (Å²) in [5, 5.41) is 35.8. The van der Waals surface area contributed by atoms with Gasteiger partial charge in [-0.1, -0.05) is 56.0 Å². The van der Waals surface area contributed by atoms with E-state index >= 15 is 0 Å². The van der Waals surface area contributed by atoms with E-state index in [9.17, 15) is 20.1 Å². The molecule has 1 unspecified atom stereocenters. The average Bonchev–Trinajstić information content (AvgIpc) is 3.20. The van der Waals surface area contributed by atoms with E-state index in [-0.39, 0.29) is 25.7 Å². The zero-order valence-electron chi connectivity index (χ0n) is 30.7. The van der Waals surface area contributed by atoms with Gasteiger partial charge in [0.05, 0.1) is 59.9 Å². The number of carbonyl (C=O) groups is 1. The molecule has 0 radical (unpaired) electrons. The Morgan fingerprint density at radius 1 is 0.623 bits per heavy atom. The molecule has 0 saturated heterocycles. The minimum atomic E-state index is -0.392. The summed E-state index contributed by atoms with van der Waals surface area (Å²) in [6.07, 6.45) is 9.40.